The molecule has 3 aromatic rings. The van der Waals surface area contributed by atoms with E-state index in [-0.39, 0.29) is 12.6 Å². The van der Waals surface area contributed by atoms with Gasteiger partial charge in [0.25, 0.3) is 0 Å². The zero-order valence-corrected chi connectivity index (χ0v) is 14.2. The standard InChI is InChI=1S/C18H14FN3O2S/c1-11-18(21-7-12(19)2-5-17(21)20-11)14-8-25-9-22(14)13-3-4-15-16(6-13)24-10-23-15/h2-8H,9-10H2,1H3. The van der Waals surface area contributed by atoms with Gasteiger partial charge in [0, 0.05) is 18.0 Å². The van der Waals surface area contributed by atoms with Crippen molar-refractivity contribution in [2.24, 2.45) is 0 Å². The Bertz CT molecular complexity index is 1030. The van der Waals surface area contributed by atoms with Crippen LogP contribution < -0.4 is 14.4 Å². The van der Waals surface area contributed by atoms with Crippen LogP contribution in [-0.2, 0) is 0 Å². The molecule has 2 aromatic heterocycles. The highest BCUT2D eigenvalue weighted by molar-refractivity contribution is 8.02. The zero-order chi connectivity index (χ0) is 17.0. The SMILES string of the molecule is Cc1nc2ccc(F)cn2c1C1=CSCN1c1ccc2c(c1)OCO2. The summed E-state index contributed by atoms with van der Waals surface area (Å²) in [5.74, 6) is 1.99. The van der Waals surface area contributed by atoms with E-state index in [9.17, 15) is 4.39 Å². The fourth-order valence-electron chi connectivity index (χ4n) is 3.22. The van der Waals surface area contributed by atoms with Gasteiger partial charge in [0.2, 0.25) is 6.79 Å². The Balaban J connectivity index is 1.62. The third kappa shape index (κ3) is 2.26. The number of aryl methyl sites for hydroxylation is 1. The van der Waals surface area contributed by atoms with E-state index >= 15 is 0 Å². The fraction of sp³-hybridized carbons (Fsp3) is 0.167. The summed E-state index contributed by atoms with van der Waals surface area (Å²) in [5.41, 5.74) is 4.50. The van der Waals surface area contributed by atoms with Gasteiger partial charge in [-0.2, -0.15) is 0 Å². The molecule has 5 nitrogen and oxygen atoms in total. The molecule has 1 aromatic carbocycles. The number of thioether (sulfide) groups is 1. The molecule has 0 amide bonds. The summed E-state index contributed by atoms with van der Waals surface area (Å²) in [7, 11) is 0. The number of pyridine rings is 1. The second-order valence-corrected chi connectivity index (χ2v) is 6.71. The van der Waals surface area contributed by atoms with Crippen LogP contribution >= 0.6 is 11.8 Å². The number of hydrogen-bond acceptors (Lipinski definition) is 5. The first kappa shape index (κ1) is 14.7. The molecule has 0 unspecified atom stereocenters. The number of aromatic nitrogens is 2. The van der Waals surface area contributed by atoms with Crippen molar-refractivity contribution in [1.29, 1.82) is 0 Å². The molecule has 0 atom stereocenters. The van der Waals surface area contributed by atoms with Gasteiger partial charge in [0.05, 0.1) is 23.0 Å². The van der Waals surface area contributed by atoms with Crippen molar-refractivity contribution in [2.75, 3.05) is 17.6 Å². The summed E-state index contributed by atoms with van der Waals surface area (Å²) in [6.07, 6.45) is 1.48. The second kappa shape index (κ2) is 5.42. The van der Waals surface area contributed by atoms with E-state index in [1.807, 2.05) is 29.5 Å². The Morgan fingerprint density at radius 2 is 2.04 bits per heavy atom. The Morgan fingerprint density at radius 3 is 2.96 bits per heavy atom. The Labute approximate surface area is 147 Å². The highest BCUT2D eigenvalue weighted by atomic mass is 32.2. The monoisotopic (exact) mass is 355 g/mol. The molecule has 7 heteroatoms. The Hall–Kier alpha value is -2.67. The number of rotatable bonds is 2. The van der Waals surface area contributed by atoms with Gasteiger partial charge in [-0.1, -0.05) is 0 Å². The molecule has 0 fully saturated rings. The number of fused-ring (bicyclic) bond motifs is 2. The van der Waals surface area contributed by atoms with E-state index in [4.69, 9.17) is 9.47 Å². The molecule has 0 saturated carbocycles. The minimum atomic E-state index is -0.285. The van der Waals surface area contributed by atoms with Gasteiger partial charge >= 0.3 is 0 Å². The van der Waals surface area contributed by atoms with Crippen molar-refractivity contribution in [3.8, 4) is 11.5 Å². The lowest BCUT2D eigenvalue weighted by atomic mass is 10.2. The van der Waals surface area contributed by atoms with Gasteiger partial charge in [-0.3, -0.25) is 4.40 Å². The summed E-state index contributed by atoms with van der Waals surface area (Å²) in [5, 5.41) is 2.09. The Kier molecular flexibility index (Phi) is 3.18. The highest BCUT2D eigenvalue weighted by Gasteiger charge is 2.26. The van der Waals surface area contributed by atoms with Crippen molar-refractivity contribution in [2.45, 2.75) is 6.92 Å². The van der Waals surface area contributed by atoms with Crippen LogP contribution in [-0.4, -0.2) is 22.1 Å². The van der Waals surface area contributed by atoms with Gasteiger partial charge in [-0.25, -0.2) is 9.37 Å². The van der Waals surface area contributed by atoms with Crippen LogP contribution in [0.4, 0.5) is 10.1 Å². The van der Waals surface area contributed by atoms with Gasteiger partial charge in [0.1, 0.15) is 11.5 Å². The van der Waals surface area contributed by atoms with Gasteiger partial charge < -0.3 is 14.4 Å². The maximum Gasteiger partial charge on any atom is 0.231 e. The van der Waals surface area contributed by atoms with Crippen molar-refractivity contribution in [3.05, 3.63) is 59.1 Å². The topological polar surface area (TPSA) is 39.0 Å². The van der Waals surface area contributed by atoms with Crippen LogP contribution in [0.15, 0.2) is 41.9 Å². The smallest absolute Gasteiger partial charge is 0.231 e. The third-order valence-corrected chi connectivity index (χ3v) is 5.15. The van der Waals surface area contributed by atoms with Gasteiger partial charge in [-0.05, 0) is 36.6 Å². The highest BCUT2D eigenvalue weighted by Crippen LogP contribution is 2.41. The van der Waals surface area contributed by atoms with E-state index in [1.54, 1.807) is 17.8 Å². The van der Waals surface area contributed by atoms with Crippen LogP contribution in [0.3, 0.4) is 0 Å². The molecule has 4 heterocycles. The van der Waals surface area contributed by atoms with E-state index in [1.165, 1.54) is 12.3 Å². The third-order valence-electron chi connectivity index (χ3n) is 4.36. The minimum Gasteiger partial charge on any atom is -0.454 e. The van der Waals surface area contributed by atoms with E-state index in [0.717, 1.165) is 45.8 Å². The number of nitrogens with zero attached hydrogens (tertiary/aromatic N) is 3. The number of anilines is 1. The molecule has 0 saturated heterocycles. The van der Waals surface area contributed by atoms with Crippen molar-refractivity contribution in [1.82, 2.24) is 9.38 Å². The van der Waals surface area contributed by atoms with E-state index < -0.39 is 0 Å². The van der Waals surface area contributed by atoms with Crippen LogP contribution in [0.25, 0.3) is 11.3 Å². The first-order chi connectivity index (χ1) is 12.2. The summed E-state index contributed by atoms with van der Waals surface area (Å²) in [6.45, 7) is 2.20. The molecule has 0 bridgehead atoms. The van der Waals surface area contributed by atoms with Crippen LogP contribution in [0.1, 0.15) is 11.4 Å². The zero-order valence-electron chi connectivity index (χ0n) is 13.4. The molecule has 0 aliphatic carbocycles. The first-order valence-corrected chi connectivity index (χ1v) is 8.89. The summed E-state index contributed by atoms with van der Waals surface area (Å²) in [4.78, 5) is 6.73. The summed E-state index contributed by atoms with van der Waals surface area (Å²) in [6, 6.07) is 9.02. The average molecular weight is 355 g/mol. The van der Waals surface area contributed by atoms with Crippen LogP contribution in [0.2, 0.25) is 0 Å². The lowest BCUT2D eigenvalue weighted by Gasteiger charge is -2.22. The summed E-state index contributed by atoms with van der Waals surface area (Å²) >= 11 is 1.70. The summed E-state index contributed by atoms with van der Waals surface area (Å²) < 4.78 is 26.5. The predicted molar refractivity (Wildman–Crippen MR) is 95.4 cm³/mol. The largest absolute Gasteiger partial charge is 0.454 e. The van der Waals surface area contributed by atoms with Crippen molar-refractivity contribution in [3.63, 3.8) is 0 Å². The molecule has 0 N–H and O–H groups in total. The van der Waals surface area contributed by atoms with Crippen LogP contribution in [0.5, 0.6) is 11.5 Å². The molecular weight excluding hydrogens is 341 g/mol. The number of halogens is 1. The molecule has 2 aliphatic heterocycles. The van der Waals surface area contributed by atoms with E-state index in [0.29, 0.717) is 0 Å². The number of benzene rings is 1. The molecule has 126 valence electrons. The van der Waals surface area contributed by atoms with Crippen molar-refractivity contribution >= 4 is 28.8 Å². The average Bonchev–Trinajstić information content (AvgIpc) is 3.30. The number of imidazole rings is 1. The van der Waals surface area contributed by atoms with Gasteiger partial charge in [-0.15, -0.1) is 11.8 Å². The molecule has 0 radical (unpaired) electrons. The quantitative estimate of drug-likeness (QED) is 0.694. The molecular formula is C18H14FN3O2S. The number of ether oxygens (including phenoxy) is 2. The van der Waals surface area contributed by atoms with Crippen LogP contribution in [0, 0.1) is 12.7 Å². The number of hydrogen-bond donors (Lipinski definition) is 0. The lowest BCUT2D eigenvalue weighted by molar-refractivity contribution is 0.174. The molecule has 0 spiro atoms. The minimum absolute atomic E-state index is 0.252. The lowest BCUT2D eigenvalue weighted by Crippen LogP contribution is -2.18. The maximum absolute atomic E-state index is 13.8. The predicted octanol–water partition coefficient (Wildman–Crippen LogP) is 4.02. The van der Waals surface area contributed by atoms with E-state index in [2.05, 4.69) is 15.3 Å². The Morgan fingerprint density at radius 1 is 1.16 bits per heavy atom. The normalized spacial score (nSPS) is 15.9. The first-order valence-electron chi connectivity index (χ1n) is 7.84. The van der Waals surface area contributed by atoms with Crippen molar-refractivity contribution < 1.29 is 13.9 Å². The second-order valence-electron chi connectivity index (χ2n) is 5.89. The molecule has 5 rings (SSSR count). The molecule has 25 heavy (non-hydrogen) atoms. The fourth-order valence-corrected chi connectivity index (χ4v) is 4.13. The van der Waals surface area contributed by atoms with Gasteiger partial charge in [0.15, 0.2) is 11.5 Å². The maximum atomic E-state index is 13.8. The molecule has 2 aliphatic rings.